The Hall–Kier alpha value is -3.20. The predicted molar refractivity (Wildman–Crippen MR) is 115 cm³/mol. The van der Waals surface area contributed by atoms with Gasteiger partial charge in [-0.15, -0.1) is 0 Å². The fourth-order valence-electron chi connectivity index (χ4n) is 2.85. The zero-order chi connectivity index (χ0) is 21.7. The maximum Gasteiger partial charge on any atom is 0.269 e. The van der Waals surface area contributed by atoms with Crippen molar-refractivity contribution in [3.8, 4) is 5.75 Å². The molecule has 0 fully saturated rings. The van der Waals surface area contributed by atoms with Crippen LogP contribution in [0.4, 0.5) is 5.69 Å². The Labute approximate surface area is 182 Å². The molecule has 1 amide bonds. The Balaban J connectivity index is 1.64. The summed E-state index contributed by atoms with van der Waals surface area (Å²) in [6.07, 6.45) is 1.89. The van der Waals surface area contributed by atoms with E-state index in [1.54, 1.807) is 42.3 Å². The van der Waals surface area contributed by atoms with Crippen molar-refractivity contribution in [2.75, 3.05) is 7.05 Å². The van der Waals surface area contributed by atoms with Gasteiger partial charge in [0.05, 0.1) is 21.6 Å². The number of halogens is 1. The van der Waals surface area contributed by atoms with Crippen LogP contribution in [0, 0.1) is 10.1 Å². The molecule has 0 unspecified atom stereocenters. The van der Waals surface area contributed by atoms with E-state index in [1.165, 1.54) is 12.1 Å². The van der Waals surface area contributed by atoms with Crippen molar-refractivity contribution in [2.45, 2.75) is 26.6 Å². The van der Waals surface area contributed by atoms with Crippen LogP contribution < -0.4 is 4.74 Å². The summed E-state index contributed by atoms with van der Waals surface area (Å²) in [4.78, 5) is 24.7. The van der Waals surface area contributed by atoms with Crippen LogP contribution in [0.5, 0.6) is 5.75 Å². The van der Waals surface area contributed by atoms with Gasteiger partial charge in [0.2, 0.25) is 0 Å². The first-order valence-electron chi connectivity index (χ1n) is 9.31. The maximum absolute atomic E-state index is 12.8. The van der Waals surface area contributed by atoms with Gasteiger partial charge >= 0.3 is 0 Å². The van der Waals surface area contributed by atoms with Crippen LogP contribution in [-0.2, 0) is 19.7 Å². The van der Waals surface area contributed by atoms with Crippen LogP contribution in [0.25, 0.3) is 0 Å². The van der Waals surface area contributed by atoms with Crippen LogP contribution in [0.1, 0.15) is 28.5 Å². The zero-order valence-electron chi connectivity index (χ0n) is 16.6. The summed E-state index contributed by atoms with van der Waals surface area (Å²) in [5.41, 5.74) is 2.18. The van der Waals surface area contributed by atoms with Crippen molar-refractivity contribution in [3.05, 3.63) is 86.1 Å². The minimum absolute atomic E-state index is 0.00777. The van der Waals surface area contributed by atoms with E-state index in [-0.39, 0.29) is 18.2 Å². The number of nitro groups is 1. The van der Waals surface area contributed by atoms with Gasteiger partial charge in [0.15, 0.2) is 0 Å². The number of carbonyl (C=O) groups excluding carboxylic acids is 1. The second-order valence-corrected chi connectivity index (χ2v) is 7.54. The second-order valence-electron chi connectivity index (χ2n) is 6.68. The van der Waals surface area contributed by atoms with E-state index in [9.17, 15) is 14.9 Å². The molecule has 0 atom stereocenters. The number of benzene rings is 2. The number of hydrogen-bond donors (Lipinski definition) is 0. The Morgan fingerprint density at radius 3 is 2.63 bits per heavy atom. The summed E-state index contributed by atoms with van der Waals surface area (Å²) in [5, 5.41) is 15.2. The van der Waals surface area contributed by atoms with Crippen molar-refractivity contribution in [2.24, 2.45) is 0 Å². The number of ether oxygens (including phenoxy) is 1. The first-order chi connectivity index (χ1) is 14.4. The van der Waals surface area contributed by atoms with Crippen LogP contribution in [-0.4, -0.2) is 32.6 Å². The Kier molecular flexibility index (Phi) is 6.83. The smallest absolute Gasteiger partial charge is 0.269 e. The lowest BCUT2D eigenvalue weighted by Gasteiger charge is -2.17. The molecule has 0 N–H and O–H groups in total. The van der Waals surface area contributed by atoms with Crippen molar-refractivity contribution in [1.82, 2.24) is 14.7 Å². The van der Waals surface area contributed by atoms with Crippen LogP contribution in [0.3, 0.4) is 0 Å². The average Bonchev–Trinajstić information content (AvgIpc) is 3.11. The molecule has 0 radical (unpaired) electrons. The molecule has 1 heterocycles. The number of non-ortho nitro benzene ring substituents is 1. The summed E-state index contributed by atoms with van der Waals surface area (Å²) in [7, 11) is 1.74. The summed E-state index contributed by atoms with van der Waals surface area (Å²) in [5.74, 6) is 0.399. The zero-order valence-corrected chi connectivity index (χ0v) is 18.2. The molecule has 0 saturated carbocycles. The molecule has 0 spiro atoms. The monoisotopic (exact) mass is 472 g/mol. The normalized spacial score (nSPS) is 10.6. The highest BCUT2D eigenvalue weighted by molar-refractivity contribution is 9.10. The van der Waals surface area contributed by atoms with Crippen molar-refractivity contribution in [3.63, 3.8) is 0 Å². The molecule has 3 rings (SSSR count). The van der Waals surface area contributed by atoms with E-state index in [4.69, 9.17) is 4.74 Å². The molecular weight excluding hydrogens is 452 g/mol. The van der Waals surface area contributed by atoms with Gasteiger partial charge in [-0.3, -0.25) is 19.6 Å². The van der Waals surface area contributed by atoms with Gasteiger partial charge in [-0.05, 0) is 52.7 Å². The van der Waals surface area contributed by atoms with Crippen molar-refractivity contribution < 1.29 is 14.5 Å². The third kappa shape index (κ3) is 5.24. The number of aromatic nitrogens is 2. The number of nitrogens with zero attached hydrogens (tertiary/aromatic N) is 4. The molecule has 8 nitrogen and oxygen atoms in total. The van der Waals surface area contributed by atoms with Gasteiger partial charge < -0.3 is 9.64 Å². The fraction of sp³-hybridized carbons (Fsp3) is 0.238. The maximum atomic E-state index is 12.8. The summed E-state index contributed by atoms with van der Waals surface area (Å²) in [6.45, 7) is 3.39. The number of nitro benzene ring substituents is 1. The standard InChI is InChI=1S/C21H21BrN4O4/c1-3-25-12-19(22)20(23-25)13-24(2)21(27)16-6-4-5-15(11-16)14-30-18-9-7-17(8-10-18)26(28)29/h4-12H,3,13-14H2,1-2H3. The van der Waals surface area contributed by atoms with Gasteiger partial charge in [0, 0.05) is 37.5 Å². The Morgan fingerprint density at radius 1 is 1.27 bits per heavy atom. The fourth-order valence-corrected chi connectivity index (χ4v) is 3.29. The highest BCUT2D eigenvalue weighted by Crippen LogP contribution is 2.20. The first-order valence-corrected chi connectivity index (χ1v) is 10.1. The average molecular weight is 473 g/mol. The first kappa shape index (κ1) is 21.5. The van der Waals surface area contributed by atoms with Gasteiger partial charge in [0.25, 0.3) is 11.6 Å². The quantitative estimate of drug-likeness (QED) is 0.357. The number of rotatable bonds is 8. The molecule has 0 aliphatic carbocycles. The topological polar surface area (TPSA) is 90.5 Å². The summed E-state index contributed by atoms with van der Waals surface area (Å²) < 4.78 is 8.37. The molecule has 0 saturated heterocycles. The molecule has 9 heteroatoms. The summed E-state index contributed by atoms with van der Waals surface area (Å²) in [6, 6.07) is 13.1. The number of aryl methyl sites for hydroxylation is 1. The molecule has 0 aliphatic heterocycles. The van der Waals surface area contributed by atoms with E-state index >= 15 is 0 Å². The molecule has 2 aromatic carbocycles. The van der Waals surface area contributed by atoms with Crippen molar-refractivity contribution in [1.29, 1.82) is 0 Å². The lowest BCUT2D eigenvalue weighted by atomic mass is 10.1. The number of carbonyl (C=O) groups is 1. The SMILES string of the molecule is CCn1cc(Br)c(CN(C)C(=O)c2cccc(COc3ccc([N+](=O)[O-])cc3)c2)n1. The predicted octanol–water partition coefficient (Wildman–Crippen LogP) is 4.42. The lowest BCUT2D eigenvalue weighted by molar-refractivity contribution is -0.384. The lowest BCUT2D eigenvalue weighted by Crippen LogP contribution is -2.26. The van der Waals surface area contributed by atoms with Crippen molar-refractivity contribution >= 4 is 27.5 Å². The number of hydrogen-bond acceptors (Lipinski definition) is 5. The molecule has 0 bridgehead atoms. The van der Waals surface area contributed by atoms with Crippen LogP contribution >= 0.6 is 15.9 Å². The van der Waals surface area contributed by atoms with E-state index in [2.05, 4.69) is 21.0 Å². The summed E-state index contributed by atoms with van der Waals surface area (Å²) >= 11 is 3.48. The third-order valence-electron chi connectivity index (χ3n) is 4.47. The van der Waals surface area contributed by atoms with E-state index in [0.717, 1.165) is 22.3 Å². The number of amides is 1. The molecule has 30 heavy (non-hydrogen) atoms. The van der Waals surface area contributed by atoms with Crippen LogP contribution in [0.2, 0.25) is 0 Å². The third-order valence-corrected chi connectivity index (χ3v) is 5.13. The highest BCUT2D eigenvalue weighted by Gasteiger charge is 2.16. The van der Waals surface area contributed by atoms with Gasteiger partial charge in [-0.25, -0.2) is 0 Å². The Morgan fingerprint density at radius 2 is 2.00 bits per heavy atom. The second kappa shape index (κ2) is 9.53. The molecule has 0 aliphatic rings. The molecule has 3 aromatic rings. The van der Waals surface area contributed by atoms with Gasteiger partial charge in [0.1, 0.15) is 12.4 Å². The minimum Gasteiger partial charge on any atom is -0.489 e. The van der Waals surface area contributed by atoms with E-state index in [0.29, 0.717) is 17.9 Å². The molecular formula is C21H21BrN4O4. The molecule has 1 aromatic heterocycles. The van der Waals surface area contributed by atoms with Crippen LogP contribution in [0.15, 0.2) is 59.2 Å². The van der Waals surface area contributed by atoms with E-state index < -0.39 is 4.92 Å². The minimum atomic E-state index is -0.458. The van der Waals surface area contributed by atoms with Gasteiger partial charge in [-0.2, -0.15) is 5.10 Å². The molecule has 156 valence electrons. The Bertz CT molecular complexity index is 1050. The largest absolute Gasteiger partial charge is 0.489 e. The van der Waals surface area contributed by atoms with E-state index in [1.807, 2.05) is 23.9 Å². The van der Waals surface area contributed by atoms with Gasteiger partial charge in [-0.1, -0.05) is 12.1 Å². The highest BCUT2D eigenvalue weighted by atomic mass is 79.9.